The molecule has 0 bridgehead atoms. The van der Waals surface area contributed by atoms with Crippen LogP contribution in [0.3, 0.4) is 0 Å². The molecule has 122 valence electrons. The molecular formula is C16H16N6OS. The molecule has 4 rings (SSSR count). The summed E-state index contributed by atoms with van der Waals surface area (Å²) in [5.74, 6) is 0. The Bertz CT molecular complexity index is 984. The lowest BCUT2D eigenvalue weighted by atomic mass is 10.1. The first kappa shape index (κ1) is 14.9. The Balaban J connectivity index is 1.73. The number of benzene rings is 1. The zero-order valence-electron chi connectivity index (χ0n) is 13.0. The normalized spacial score (nSPS) is 12.8. The van der Waals surface area contributed by atoms with Crippen LogP contribution in [0.25, 0.3) is 10.5 Å². The Labute approximate surface area is 142 Å². The van der Waals surface area contributed by atoms with Crippen molar-refractivity contribution in [1.82, 2.24) is 24.4 Å². The van der Waals surface area contributed by atoms with E-state index in [4.69, 9.17) is 5.73 Å². The lowest BCUT2D eigenvalue weighted by molar-refractivity contribution is 0.208. The maximum atomic E-state index is 10.8. The molecule has 0 aliphatic heterocycles. The third kappa shape index (κ3) is 2.36. The van der Waals surface area contributed by atoms with E-state index in [0.717, 1.165) is 27.5 Å². The molecule has 0 fully saturated rings. The Morgan fingerprint density at radius 3 is 2.83 bits per heavy atom. The summed E-state index contributed by atoms with van der Waals surface area (Å²) in [6.07, 6.45) is 5.23. The van der Waals surface area contributed by atoms with E-state index in [0.29, 0.717) is 11.4 Å². The first-order valence-electron chi connectivity index (χ1n) is 7.57. The van der Waals surface area contributed by atoms with Crippen LogP contribution < -0.4 is 5.73 Å². The van der Waals surface area contributed by atoms with Gasteiger partial charge in [-0.05, 0) is 30.7 Å². The van der Waals surface area contributed by atoms with Gasteiger partial charge in [0.05, 0.1) is 23.8 Å². The fourth-order valence-corrected chi connectivity index (χ4v) is 3.75. The zero-order valence-corrected chi connectivity index (χ0v) is 13.8. The van der Waals surface area contributed by atoms with E-state index < -0.39 is 6.10 Å². The molecule has 1 aromatic carbocycles. The number of thiazole rings is 1. The number of nitrogens with two attached hydrogens (primary N) is 1. The molecule has 24 heavy (non-hydrogen) atoms. The largest absolute Gasteiger partial charge is 0.399 e. The molecule has 0 saturated heterocycles. The van der Waals surface area contributed by atoms with Crippen molar-refractivity contribution in [2.24, 2.45) is 0 Å². The van der Waals surface area contributed by atoms with Gasteiger partial charge in [0.2, 0.25) is 0 Å². The Kier molecular flexibility index (Phi) is 3.55. The van der Waals surface area contributed by atoms with Crippen LogP contribution in [0.15, 0.2) is 43.0 Å². The second-order valence-corrected chi connectivity index (χ2v) is 6.56. The minimum absolute atomic E-state index is 0.495. The minimum Gasteiger partial charge on any atom is -0.399 e. The molecule has 4 aromatic rings. The van der Waals surface area contributed by atoms with Crippen LogP contribution in [0.5, 0.6) is 0 Å². The molecule has 3 aromatic heterocycles. The maximum absolute atomic E-state index is 10.8. The maximum Gasteiger partial charge on any atom is 0.141 e. The molecule has 7 nitrogen and oxygen atoms in total. The van der Waals surface area contributed by atoms with Crippen molar-refractivity contribution in [1.29, 1.82) is 0 Å². The number of imidazole rings is 1. The van der Waals surface area contributed by atoms with E-state index in [1.807, 2.05) is 16.5 Å². The molecule has 0 aliphatic carbocycles. The van der Waals surface area contributed by atoms with Crippen molar-refractivity contribution in [3.63, 3.8) is 0 Å². The fraction of sp³-hybridized carbons (Fsp3) is 0.188. The van der Waals surface area contributed by atoms with Crippen molar-refractivity contribution in [2.45, 2.75) is 19.4 Å². The molecule has 0 amide bonds. The van der Waals surface area contributed by atoms with Crippen LogP contribution in [0.1, 0.15) is 29.3 Å². The molecule has 1 atom stereocenters. The minimum atomic E-state index is -0.856. The number of fused-ring (bicyclic) bond motifs is 1. The Morgan fingerprint density at radius 1 is 1.29 bits per heavy atom. The van der Waals surface area contributed by atoms with Crippen LogP contribution in [0.4, 0.5) is 5.69 Å². The third-order valence-corrected chi connectivity index (χ3v) is 5.16. The highest BCUT2D eigenvalue weighted by Crippen LogP contribution is 2.31. The summed E-state index contributed by atoms with van der Waals surface area (Å²) < 4.78 is 3.54. The van der Waals surface area contributed by atoms with Gasteiger partial charge in [-0.15, -0.1) is 16.4 Å². The van der Waals surface area contributed by atoms with E-state index in [-0.39, 0.29) is 0 Å². The summed E-state index contributed by atoms with van der Waals surface area (Å²) in [6.45, 7) is 2.07. The summed E-state index contributed by atoms with van der Waals surface area (Å²) in [4.78, 5) is 6.26. The number of rotatable bonds is 4. The van der Waals surface area contributed by atoms with Crippen LogP contribution in [0, 0.1) is 0 Å². The lowest BCUT2D eigenvalue weighted by Crippen LogP contribution is -2.06. The molecule has 3 N–H and O–H groups in total. The number of aliphatic hydroxyl groups excluding tert-OH is 1. The van der Waals surface area contributed by atoms with Gasteiger partial charge in [-0.25, -0.2) is 9.67 Å². The van der Waals surface area contributed by atoms with E-state index >= 15 is 0 Å². The van der Waals surface area contributed by atoms with Crippen molar-refractivity contribution in [2.75, 3.05) is 5.73 Å². The third-order valence-electron chi connectivity index (χ3n) is 3.91. The standard InChI is InChI=1S/C16H16N6OS/c1-2-13-15(21-9-18-7-14(21)24-13)16(23)12-8-22(20-19-12)11-5-3-10(17)4-6-11/h3-9,16,23H,2,17H2,1H3. The summed E-state index contributed by atoms with van der Waals surface area (Å²) in [7, 11) is 0. The van der Waals surface area contributed by atoms with Gasteiger partial charge in [-0.2, -0.15) is 0 Å². The second-order valence-electron chi connectivity index (χ2n) is 5.45. The smallest absolute Gasteiger partial charge is 0.141 e. The molecule has 3 heterocycles. The predicted molar refractivity (Wildman–Crippen MR) is 92.3 cm³/mol. The van der Waals surface area contributed by atoms with Gasteiger partial charge in [0.25, 0.3) is 0 Å². The highest BCUT2D eigenvalue weighted by molar-refractivity contribution is 7.17. The van der Waals surface area contributed by atoms with Gasteiger partial charge in [0, 0.05) is 10.6 Å². The summed E-state index contributed by atoms with van der Waals surface area (Å²) in [5.41, 5.74) is 8.53. The molecular weight excluding hydrogens is 324 g/mol. The van der Waals surface area contributed by atoms with Gasteiger partial charge in [0.1, 0.15) is 23.0 Å². The molecule has 8 heteroatoms. The number of aliphatic hydroxyl groups is 1. The predicted octanol–water partition coefficient (Wildman–Crippen LogP) is 2.20. The van der Waals surface area contributed by atoms with Crippen LogP contribution in [0.2, 0.25) is 0 Å². The SMILES string of the molecule is CCc1sc2cncn2c1C(O)c1cn(-c2ccc(N)cc2)nn1. The average Bonchev–Trinajstić information content (AvgIpc) is 3.30. The quantitative estimate of drug-likeness (QED) is 0.555. The average molecular weight is 340 g/mol. The summed E-state index contributed by atoms with van der Waals surface area (Å²) >= 11 is 1.63. The second kappa shape index (κ2) is 5.73. The van der Waals surface area contributed by atoms with Crippen molar-refractivity contribution in [3.8, 4) is 5.69 Å². The van der Waals surface area contributed by atoms with Crippen molar-refractivity contribution in [3.05, 3.63) is 59.3 Å². The fourth-order valence-electron chi connectivity index (χ4n) is 2.69. The molecule has 1 unspecified atom stereocenters. The topological polar surface area (TPSA) is 94.3 Å². The van der Waals surface area contributed by atoms with E-state index in [9.17, 15) is 5.11 Å². The Morgan fingerprint density at radius 2 is 2.08 bits per heavy atom. The van der Waals surface area contributed by atoms with Gasteiger partial charge < -0.3 is 10.8 Å². The molecule has 0 saturated carbocycles. The van der Waals surface area contributed by atoms with E-state index in [1.165, 1.54) is 0 Å². The number of anilines is 1. The monoisotopic (exact) mass is 340 g/mol. The summed E-state index contributed by atoms with van der Waals surface area (Å²) in [5, 5.41) is 19.1. The van der Waals surface area contributed by atoms with Crippen LogP contribution in [-0.4, -0.2) is 29.5 Å². The van der Waals surface area contributed by atoms with Crippen LogP contribution >= 0.6 is 11.3 Å². The van der Waals surface area contributed by atoms with Crippen molar-refractivity contribution < 1.29 is 5.11 Å². The van der Waals surface area contributed by atoms with Gasteiger partial charge >= 0.3 is 0 Å². The number of aryl methyl sites for hydroxylation is 1. The number of aromatic nitrogens is 5. The lowest BCUT2D eigenvalue weighted by Gasteiger charge is -2.08. The van der Waals surface area contributed by atoms with E-state index in [1.54, 1.807) is 46.9 Å². The number of hydrogen-bond donors (Lipinski definition) is 2. The molecule has 0 aliphatic rings. The van der Waals surface area contributed by atoms with E-state index in [2.05, 4.69) is 22.2 Å². The number of nitrogen functional groups attached to an aromatic ring is 1. The first-order chi connectivity index (χ1) is 11.7. The highest BCUT2D eigenvalue weighted by atomic mass is 32.1. The Hall–Kier alpha value is -2.71. The molecule has 0 spiro atoms. The number of nitrogens with zero attached hydrogens (tertiary/aromatic N) is 5. The van der Waals surface area contributed by atoms with Gasteiger partial charge in [-0.1, -0.05) is 12.1 Å². The van der Waals surface area contributed by atoms with Crippen LogP contribution in [-0.2, 0) is 6.42 Å². The first-order valence-corrected chi connectivity index (χ1v) is 8.39. The van der Waals surface area contributed by atoms with Gasteiger partial charge in [-0.3, -0.25) is 4.40 Å². The highest BCUT2D eigenvalue weighted by Gasteiger charge is 2.23. The van der Waals surface area contributed by atoms with Crippen molar-refractivity contribution >= 4 is 21.9 Å². The van der Waals surface area contributed by atoms with Gasteiger partial charge in [0.15, 0.2) is 0 Å². The number of hydrogen-bond acceptors (Lipinski definition) is 6. The zero-order chi connectivity index (χ0) is 16.7. The summed E-state index contributed by atoms with van der Waals surface area (Å²) in [6, 6.07) is 7.32. The molecule has 0 radical (unpaired) electrons.